The maximum absolute atomic E-state index is 6.09. The monoisotopic (exact) mass is 221 g/mol. The summed E-state index contributed by atoms with van der Waals surface area (Å²) in [4.78, 5) is 0. The molecule has 0 amide bonds. The van der Waals surface area contributed by atoms with Crippen molar-refractivity contribution in [1.82, 2.24) is 5.32 Å². The lowest BCUT2D eigenvalue weighted by Crippen LogP contribution is -2.11. The van der Waals surface area contributed by atoms with Gasteiger partial charge in [-0.15, -0.1) is 0 Å². The van der Waals surface area contributed by atoms with E-state index in [-0.39, 0.29) is 0 Å². The Hall–Kier alpha value is -0.970. The molecule has 2 heteroatoms. The normalized spacial score (nSPS) is 9.60. The molecule has 0 saturated carbocycles. The van der Waals surface area contributed by atoms with Gasteiger partial charge in [0, 0.05) is 5.56 Å². The van der Waals surface area contributed by atoms with Gasteiger partial charge in [0.25, 0.3) is 0 Å². The summed E-state index contributed by atoms with van der Waals surface area (Å²) in [6.07, 6.45) is 0. The molecule has 0 aliphatic heterocycles. The van der Waals surface area contributed by atoms with Gasteiger partial charge in [0.15, 0.2) is 0 Å². The Morgan fingerprint density at radius 1 is 1.27 bits per heavy atom. The number of rotatable bonds is 2. The van der Waals surface area contributed by atoms with Gasteiger partial charge >= 0.3 is 0 Å². The molecule has 1 aromatic rings. The highest BCUT2D eigenvalue weighted by molar-refractivity contribution is 6.31. The van der Waals surface area contributed by atoms with E-state index in [0.29, 0.717) is 6.54 Å². The smallest absolute Gasteiger partial charge is 0.0580 e. The van der Waals surface area contributed by atoms with E-state index in [1.54, 1.807) is 0 Å². The summed E-state index contributed by atoms with van der Waals surface area (Å²) >= 11 is 6.09. The van der Waals surface area contributed by atoms with Crippen LogP contribution in [0.25, 0.3) is 0 Å². The lowest BCUT2D eigenvalue weighted by molar-refractivity contribution is 0.811. The maximum atomic E-state index is 6.09. The summed E-state index contributed by atoms with van der Waals surface area (Å²) in [7, 11) is 0. The molecule has 1 aromatic carbocycles. The molecule has 0 unspecified atom stereocenters. The summed E-state index contributed by atoms with van der Waals surface area (Å²) < 4.78 is 0. The van der Waals surface area contributed by atoms with Crippen molar-refractivity contribution < 1.29 is 0 Å². The van der Waals surface area contributed by atoms with E-state index in [1.807, 2.05) is 12.1 Å². The highest BCUT2D eigenvalue weighted by Gasteiger charge is 2.00. The predicted molar refractivity (Wildman–Crippen MR) is 66.3 cm³/mol. The molecule has 0 heterocycles. The van der Waals surface area contributed by atoms with Crippen molar-refractivity contribution in [2.45, 2.75) is 20.8 Å². The first-order valence-corrected chi connectivity index (χ1v) is 5.49. The van der Waals surface area contributed by atoms with E-state index in [9.17, 15) is 0 Å². The number of nitrogens with one attached hydrogen (secondary N) is 1. The van der Waals surface area contributed by atoms with Crippen LogP contribution >= 0.6 is 11.6 Å². The second kappa shape index (κ2) is 5.80. The lowest BCUT2D eigenvalue weighted by Gasteiger charge is -2.02. The summed E-state index contributed by atoms with van der Waals surface area (Å²) in [6.45, 7) is 7.83. The molecule has 1 nitrogen and oxygen atoms in total. The Balaban J connectivity index is 2.84. The Kier molecular flexibility index (Phi) is 4.68. The predicted octanol–water partition coefficient (Wildman–Crippen LogP) is 2.92. The topological polar surface area (TPSA) is 12.0 Å². The first-order valence-electron chi connectivity index (χ1n) is 5.11. The van der Waals surface area contributed by atoms with E-state index in [2.05, 4.69) is 37.9 Å². The SMILES string of the molecule is CCNCC#Cc1cc(C)c(C)cc1Cl. The Bertz CT molecular complexity index is 399. The minimum absolute atomic E-state index is 0.708. The van der Waals surface area contributed by atoms with Gasteiger partial charge < -0.3 is 5.32 Å². The molecule has 0 aromatic heterocycles. The van der Waals surface area contributed by atoms with Crippen LogP contribution in [0.2, 0.25) is 5.02 Å². The van der Waals surface area contributed by atoms with Crippen LogP contribution in [0, 0.1) is 25.7 Å². The summed E-state index contributed by atoms with van der Waals surface area (Å²) in [5, 5.41) is 3.89. The van der Waals surface area contributed by atoms with Gasteiger partial charge in [0.05, 0.1) is 11.6 Å². The van der Waals surface area contributed by atoms with Gasteiger partial charge in [-0.25, -0.2) is 0 Å². The number of hydrogen-bond donors (Lipinski definition) is 1. The highest BCUT2D eigenvalue weighted by atomic mass is 35.5. The van der Waals surface area contributed by atoms with Crippen molar-refractivity contribution in [3.63, 3.8) is 0 Å². The molecule has 0 fully saturated rings. The second-order valence-corrected chi connectivity index (χ2v) is 3.91. The number of hydrogen-bond acceptors (Lipinski definition) is 1. The summed E-state index contributed by atoms with van der Waals surface area (Å²) in [5.74, 6) is 6.12. The van der Waals surface area contributed by atoms with Crippen LogP contribution in [-0.2, 0) is 0 Å². The Labute approximate surface area is 96.8 Å². The first kappa shape index (κ1) is 12.1. The zero-order chi connectivity index (χ0) is 11.3. The Morgan fingerprint density at radius 3 is 2.60 bits per heavy atom. The van der Waals surface area contributed by atoms with Gasteiger partial charge in [-0.05, 0) is 43.7 Å². The zero-order valence-corrected chi connectivity index (χ0v) is 10.2. The number of benzene rings is 1. The molecule has 0 radical (unpaired) electrons. The molecule has 0 atom stereocenters. The number of halogens is 1. The average molecular weight is 222 g/mol. The zero-order valence-electron chi connectivity index (χ0n) is 9.45. The van der Waals surface area contributed by atoms with E-state index < -0.39 is 0 Å². The van der Waals surface area contributed by atoms with E-state index >= 15 is 0 Å². The van der Waals surface area contributed by atoms with Gasteiger partial charge in [0.2, 0.25) is 0 Å². The standard InChI is InChI=1S/C13H16ClN/c1-4-15-7-5-6-12-8-10(2)11(3)9-13(12)14/h8-9,15H,4,7H2,1-3H3. The fraction of sp³-hybridized carbons (Fsp3) is 0.385. The largest absolute Gasteiger partial charge is 0.306 e. The van der Waals surface area contributed by atoms with Crippen molar-refractivity contribution in [1.29, 1.82) is 0 Å². The van der Waals surface area contributed by atoms with Crippen LogP contribution in [0.4, 0.5) is 0 Å². The van der Waals surface area contributed by atoms with Gasteiger partial charge in [-0.1, -0.05) is 30.4 Å². The number of aryl methyl sites for hydroxylation is 2. The molecule has 1 N–H and O–H groups in total. The van der Waals surface area contributed by atoms with Crippen molar-refractivity contribution >= 4 is 11.6 Å². The summed E-state index contributed by atoms with van der Waals surface area (Å²) in [6, 6.07) is 4.00. The molecular formula is C13H16ClN. The third-order valence-corrected chi connectivity index (χ3v) is 2.58. The van der Waals surface area contributed by atoms with Crippen LogP contribution in [0.3, 0.4) is 0 Å². The molecule has 80 valence electrons. The van der Waals surface area contributed by atoms with Crippen LogP contribution in [0.1, 0.15) is 23.6 Å². The van der Waals surface area contributed by atoms with Crippen molar-refractivity contribution in [3.8, 4) is 11.8 Å². The lowest BCUT2D eigenvalue weighted by atomic mass is 10.1. The van der Waals surface area contributed by atoms with Crippen molar-refractivity contribution in [2.75, 3.05) is 13.1 Å². The molecule has 0 aliphatic carbocycles. The van der Waals surface area contributed by atoms with E-state index in [1.165, 1.54) is 11.1 Å². The quantitative estimate of drug-likeness (QED) is 0.598. The highest BCUT2D eigenvalue weighted by Crippen LogP contribution is 2.19. The third kappa shape index (κ3) is 3.58. The van der Waals surface area contributed by atoms with E-state index in [4.69, 9.17) is 11.6 Å². The maximum Gasteiger partial charge on any atom is 0.0580 e. The average Bonchev–Trinajstić information content (AvgIpc) is 2.20. The Morgan fingerprint density at radius 2 is 1.93 bits per heavy atom. The summed E-state index contributed by atoms with van der Waals surface area (Å²) in [5.41, 5.74) is 3.35. The van der Waals surface area contributed by atoms with Crippen LogP contribution < -0.4 is 5.32 Å². The van der Waals surface area contributed by atoms with Crippen LogP contribution in [0.5, 0.6) is 0 Å². The molecule has 1 rings (SSSR count). The second-order valence-electron chi connectivity index (χ2n) is 3.50. The minimum Gasteiger partial charge on any atom is -0.306 e. The van der Waals surface area contributed by atoms with E-state index in [0.717, 1.165) is 17.1 Å². The fourth-order valence-electron chi connectivity index (χ4n) is 1.20. The minimum atomic E-state index is 0.708. The molecule has 0 saturated heterocycles. The van der Waals surface area contributed by atoms with Gasteiger partial charge in [-0.2, -0.15) is 0 Å². The van der Waals surface area contributed by atoms with Gasteiger partial charge in [-0.3, -0.25) is 0 Å². The first-order chi connectivity index (χ1) is 7.15. The molecular weight excluding hydrogens is 206 g/mol. The van der Waals surface area contributed by atoms with Crippen LogP contribution in [0.15, 0.2) is 12.1 Å². The van der Waals surface area contributed by atoms with Crippen LogP contribution in [-0.4, -0.2) is 13.1 Å². The molecule has 0 bridgehead atoms. The van der Waals surface area contributed by atoms with Crippen molar-refractivity contribution in [2.24, 2.45) is 0 Å². The third-order valence-electron chi connectivity index (χ3n) is 2.27. The molecule has 0 spiro atoms. The van der Waals surface area contributed by atoms with Crippen molar-refractivity contribution in [3.05, 3.63) is 33.8 Å². The fourth-order valence-corrected chi connectivity index (χ4v) is 1.47. The molecule has 15 heavy (non-hydrogen) atoms. The molecule has 0 aliphatic rings. The van der Waals surface area contributed by atoms with Gasteiger partial charge in [0.1, 0.15) is 0 Å².